The number of hydrogen-bond donors (Lipinski definition) is 1. The lowest BCUT2D eigenvalue weighted by Crippen LogP contribution is -2.47. The summed E-state index contributed by atoms with van der Waals surface area (Å²) in [4.78, 5) is 16.1. The molecule has 1 aliphatic rings. The zero-order chi connectivity index (χ0) is 11.8. The van der Waals surface area contributed by atoms with Crippen LogP contribution >= 0.6 is 0 Å². The molecule has 0 atom stereocenters. The average molecular weight is 227 g/mol. The number of piperazine rings is 1. The fourth-order valence-corrected chi connectivity index (χ4v) is 1.84. The SMILES string of the molecule is CCCCNCCC(=O)N1CCN(C)CC1. The zero-order valence-corrected chi connectivity index (χ0v) is 10.7. The number of hydrogen-bond acceptors (Lipinski definition) is 3. The molecule has 0 aliphatic carbocycles. The van der Waals surface area contributed by atoms with E-state index in [0.29, 0.717) is 12.3 Å². The minimum atomic E-state index is 0.303. The third kappa shape index (κ3) is 4.94. The minimum absolute atomic E-state index is 0.303. The van der Waals surface area contributed by atoms with Crippen LogP contribution in [0.1, 0.15) is 26.2 Å². The second-order valence-electron chi connectivity index (χ2n) is 4.54. The average Bonchev–Trinajstić information content (AvgIpc) is 2.29. The highest BCUT2D eigenvalue weighted by Crippen LogP contribution is 2.01. The highest BCUT2D eigenvalue weighted by atomic mass is 16.2. The van der Waals surface area contributed by atoms with Crippen LogP contribution in [0.25, 0.3) is 0 Å². The molecule has 94 valence electrons. The van der Waals surface area contributed by atoms with Gasteiger partial charge in [0.25, 0.3) is 0 Å². The molecule has 16 heavy (non-hydrogen) atoms. The summed E-state index contributed by atoms with van der Waals surface area (Å²) in [6.45, 7) is 7.84. The van der Waals surface area contributed by atoms with Crippen molar-refractivity contribution in [2.24, 2.45) is 0 Å². The van der Waals surface area contributed by atoms with Crippen LogP contribution in [-0.2, 0) is 4.79 Å². The van der Waals surface area contributed by atoms with Gasteiger partial charge in [-0.2, -0.15) is 0 Å². The first-order valence-electron chi connectivity index (χ1n) is 6.41. The predicted molar refractivity (Wildman–Crippen MR) is 66.5 cm³/mol. The molecule has 0 spiro atoms. The minimum Gasteiger partial charge on any atom is -0.340 e. The first-order chi connectivity index (χ1) is 7.74. The van der Waals surface area contributed by atoms with E-state index in [-0.39, 0.29) is 0 Å². The first-order valence-corrected chi connectivity index (χ1v) is 6.41. The van der Waals surface area contributed by atoms with Gasteiger partial charge in [0.1, 0.15) is 0 Å². The van der Waals surface area contributed by atoms with Crippen molar-refractivity contribution < 1.29 is 4.79 Å². The molecule has 1 N–H and O–H groups in total. The molecular weight excluding hydrogens is 202 g/mol. The van der Waals surface area contributed by atoms with Crippen LogP contribution in [0.2, 0.25) is 0 Å². The third-order valence-electron chi connectivity index (χ3n) is 3.08. The van der Waals surface area contributed by atoms with Crippen molar-refractivity contribution >= 4 is 5.91 Å². The van der Waals surface area contributed by atoms with Crippen molar-refractivity contribution in [2.75, 3.05) is 46.3 Å². The summed E-state index contributed by atoms with van der Waals surface area (Å²) < 4.78 is 0. The van der Waals surface area contributed by atoms with Gasteiger partial charge in [0.15, 0.2) is 0 Å². The third-order valence-corrected chi connectivity index (χ3v) is 3.08. The van der Waals surface area contributed by atoms with E-state index in [2.05, 4.69) is 24.2 Å². The summed E-state index contributed by atoms with van der Waals surface area (Å²) in [5.74, 6) is 0.303. The maximum atomic E-state index is 11.8. The van der Waals surface area contributed by atoms with Crippen LogP contribution in [0, 0.1) is 0 Å². The van der Waals surface area contributed by atoms with Gasteiger partial charge in [0.2, 0.25) is 5.91 Å². The van der Waals surface area contributed by atoms with Crippen molar-refractivity contribution in [3.63, 3.8) is 0 Å². The van der Waals surface area contributed by atoms with Crippen molar-refractivity contribution in [1.29, 1.82) is 0 Å². The molecule has 1 heterocycles. The van der Waals surface area contributed by atoms with Crippen LogP contribution in [0.5, 0.6) is 0 Å². The lowest BCUT2D eigenvalue weighted by molar-refractivity contribution is -0.132. The van der Waals surface area contributed by atoms with Gasteiger partial charge in [-0.3, -0.25) is 4.79 Å². The normalized spacial score (nSPS) is 17.8. The number of nitrogens with zero attached hydrogens (tertiary/aromatic N) is 2. The number of nitrogens with one attached hydrogen (secondary N) is 1. The van der Waals surface area contributed by atoms with Gasteiger partial charge in [0.05, 0.1) is 0 Å². The summed E-state index contributed by atoms with van der Waals surface area (Å²) in [6.07, 6.45) is 3.05. The van der Waals surface area contributed by atoms with Gasteiger partial charge in [-0.25, -0.2) is 0 Å². The van der Waals surface area contributed by atoms with Gasteiger partial charge >= 0.3 is 0 Å². The van der Waals surface area contributed by atoms with Gasteiger partial charge in [-0.05, 0) is 20.0 Å². The number of likely N-dealkylation sites (N-methyl/N-ethyl adjacent to an activating group) is 1. The molecule has 4 nitrogen and oxygen atoms in total. The Hall–Kier alpha value is -0.610. The largest absolute Gasteiger partial charge is 0.340 e. The standard InChI is InChI=1S/C12H25N3O/c1-3-4-6-13-7-5-12(16)15-10-8-14(2)9-11-15/h13H,3-11H2,1-2H3. The molecule has 1 aliphatic heterocycles. The Labute approximate surface area is 99.0 Å². The van der Waals surface area contributed by atoms with E-state index in [9.17, 15) is 4.79 Å². The van der Waals surface area contributed by atoms with E-state index in [1.165, 1.54) is 12.8 Å². The Morgan fingerprint density at radius 2 is 1.88 bits per heavy atom. The van der Waals surface area contributed by atoms with E-state index >= 15 is 0 Å². The fraction of sp³-hybridized carbons (Fsp3) is 0.917. The van der Waals surface area contributed by atoms with Crippen molar-refractivity contribution in [2.45, 2.75) is 26.2 Å². The lowest BCUT2D eigenvalue weighted by Gasteiger charge is -2.32. The predicted octanol–water partition coefficient (Wildman–Crippen LogP) is 0.540. The molecule has 0 aromatic heterocycles. The smallest absolute Gasteiger partial charge is 0.223 e. The highest BCUT2D eigenvalue weighted by Gasteiger charge is 2.17. The monoisotopic (exact) mass is 227 g/mol. The molecule has 1 rings (SSSR count). The first kappa shape index (κ1) is 13.5. The van der Waals surface area contributed by atoms with Crippen LogP contribution < -0.4 is 5.32 Å². The van der Waals surface area contributed by atoms with E-state index in [0.717, 1.165) is 39.3 Å². The van der Waals surface area contributed by atoms with Crippen molar-refractivity contribution in [3.8, 4) is 0 Å². The molecule has 4 heteroatoms. The van der Waals surface area contributed by atoms with Crippen molar-refractivity contribution in [3.05, 3.63) is 0 Å². The van der Waals surface area contributed by atoms with E-state index in [4.69, 9.17) is 0 Å². The zero-order valence-electron chi connectivity index (χ0n) is 10.7. The van der Waals surface area contributed by atoms with E-state index in [1.807, 2.05) is 4.90 Å². The summed E-state index contributed by atoms with van der Waals surface area (Å²) >= 11 is 0. The van der Waals surface area contributed by atoms with Gasteiger partial charge in [-0.1, -0.05) is 13.3 Å². The molecule has 0 saturated carbocycles. The Morgan fingerprint density at radius 1 is 1.19 bits per heavy atom. The maximum absolute atomic E-state index is 11.8. The molecule has 0 bridgehead atoms. The van der Waals surface area contributed by atoms with Crippen LogP contribution in [-0.4, -0.2) is 62.0 Å². The molecule has 0 aromatic carbocycles. The highest BCUT2D eigenvalue weighted by molar-refractivity contribution is 5.76. The Morgan fingerprint density at radius 3 is 2.50 bits per heavy atom. The van der Waals surface area contributed by atoms with Crippen LogP contribution in [0.15, 0.2) is 0 Å². The summed E-state index contributed by atoms with van der Waals surface area (Å²) in [5.41, 5.74) is 0. The quantitative estimate of drug-likeness (QED) is 0.673. The van der Waals surface area contributed by atoms with E-state index < -0.39 is 0 Å². The molecule has 1 fully saturated rings. The van der Waals surface area contributed by atoms with Crippen molar-refractivity contribution in [1.82, 2.24) is 15.1 Å². The van der Waals surface area contributed by atoms with Crippen LogP contribution in [0.3, 0.4) is 0 Å². The summed E-state index contributed by atoms with van der Waals surface area (Å²) in [7, 11) is 2.11. The van der Waals surface area contributed by atoms with Crippen LogP contribution in [0.4, 0.5) is 0 Å². The lowest BCUT2D eigenvalue weighted by atomic mass is 10.3. The number of amides is 1. The van der Waals surface area contributed by atoms with E-state index in [1.54, 1.807) is 0 Å². The van der Waals surface area contributed by atoms with Gasteiger partial charge < -0.3 is 15.1 Å². The second-order valence-corrected chi connectivity index (χ2v) is 4.54. The number of unbranched alkanes of at least 4 members (excludes halogenated alkanes) is 1. The molecule has 0 unspecified atom stereocenters. The molecule has 1 saturated heterocycles. The Kier molecular flexibility index (Phi) is 6.42. The molecular formula is C12H25N3O. The van der Waals surface area contributed by atoms with Gasteiger partial charge in [-0.15, -0.1) is 0 Å². The molecule has 1 amide bonds. The molecule has 0 radical (unpaired) electrons. The Bertz CT molecular complexity index is 200. The van der Waals surface area contributed by atoms with Gasteiger partial charge in [0, 0.05) is 39.1 Å². The number of carbonyl (C=O) groups excluding carboxylic acids is 1. The fourth-order valence-electron chi connectivity index (χ4n) is 1.84. The molecule has 0 aromatic rings. The summed E-state index contributed by atoms with van der Waals surface area (Å²) in [6, 6.07) is 0. The maximum Gasteiger partial charge on any atom is 0.223 e. The Balaban J connectivity index is 2.06. The second kappa shape index (κ2) is 7.63. The summed E-state index contributed by atoms with van der Waals surface area (Å²) in [5, 5.41) is 3.31. The number of carbonyl (C=O) groups is 1. The topological polar surface area (TPSA) is 35.6 Å². The number of rotatable bonds is 6.